The first-order valence-electron chi connectivity index (χ1n) is 8.85. The molecule has 0 unspecified atom stereocenters. The Morgan fingerprint density at radius 2 is 1.29 bits per heavy atom. The smallest absolute Gasteiger partial charge is 0.257 e. The lowest BCUT2D eigenvalue weighted by Crippen LogP contribution is -2.39. The standard InChI is InChI=1S/C17H23F5N2O3S/c1-3-5-8-24(9-6-4-2)28(26,27)10-7-23-17(25)11-12(18)14(20)16(22)15(21)13(11)19/h3-10H2,1-2H3,(H,23,25). The summed E-state index contributed by atoms with van der Waals surface area (Å²) < 4.78 is 92.7. The fraction of sp³-hybridized carbons (Fsp3) is 0.588. The van der Waals surface area contributed by atoms with Crippen LogP contribution in [-0.2, 0) is 10.0 Å². The zero-order chi connectivity index (χ0) is 21.5. The molecule has 0 aromatic heterocycles. The van der Waals surface area contributed by atoms with Crippen molar-refractivity contribution in [2.75, 3.05) is 25.4 Å². The van der Waals surface area contributed by atoms with Gasteiger partial charge in [-0.1, -0.05) is 26.7 Å². The van der Waals surface area contributed by atoms with Crippen molar-refractivity contribution in [2.24, 2.45) is 0 Å². The van der Waals surface area contributed by atoms with E-state index in [-0.39, 0.29) is 0 Å². The molecule has 0 saturated carbocycles. The molecular weight excluding hydrogens is 407 g/mol. The monoisotopic (exact) mass is 430 g/mol. The maximum absolute atomic E-state index is 13.6. The minimum absolute atomic E-state index is 0.296. The summed E-state index contributed by atoms with van der Waals surface area (Å²) in [7, 11) is -3.77. The fourth-order valence-electron chi connectivity index (χ4n) is 2.37. The van der Waals surface area contributed by atoms with Gasteiger partial charge >= 0.3 is 0 Å². The molecule has 5 nitrogen and oxygen atoms in total. The molecule has 0 spiro atoms. The van der Waals surface area contributed by atoms with Crippen LogP contribution in [0.2, 0.25) is 0 Å². The van der Waals surface area contributed by atoms with Crippen molar-refractivity contribution in [3.8, 4) is 0 Å². The van der Waals surface area contributed by atoms with Crippen LogP contribution in [0.15, 0.2) is 0 Å². The summed E-state index contributed by atoms with van der Waals surface area (Å²) in [6, 6.07) is 0. The third kappa shape index (κ3) is 5.87. The number of nitrogens with one attached hydrogen (secondary N) is 1. The van der Waals surface area contributed by atoms with Crippen molar-refractivity contribution in [3.05, 3.63) is 34.6 Å². The summed E-state index contributed by atoms with van der Waals surface area (Å²) in [6.07, 6.45) is 2.82. The normalized spacial score (nSPS) is 11.9. The van der Waals surface area contributed by atoms with Crippen molar-refractivity contribution in [3.63, 3.8) is 0 Å². The predicted octanol–water partition coefficient (Wildman–Crippen LogP) is 3.34. The molecule has 11 heteroatoms. The predicted molar refractivity (Wildman–Crippen MR) is 93.7 cm³/mol. The highest BCUT2D eigenvalue weighted by atomic mass is 32.2. The Balaban J connectivity index is 2.85. The van der Waals surface area contributed by atoms with Crippen LogP contribution in [0.25, 0.3) is 0 Å². The molecule has 0 fully saturated rings. The molecule has 0 bridgehead atoms. The van der Waals surface area contributed by atoms with E-state index in [0.29, 0.717) is 25.9 Å². The topological polar surface area (TPSA) is 66.5 Å². The minimum atomic E-state index is -3.77. The van der Waals surface area contributed by atoms with Gasteiger partial charge in [-0.25, -0.2) is 34.7 Å². The van der Waals surface area contributed by atoms with E-state index in [2.05, 4.69) is 0 Å². The molecule has 1 aromatic rings. The number of rotatable bonds is 11. The molecule has 0 aliphatic rings. The van der Waals surface area contributed by atoms with Gasteiger partial charge in [-0.15, -0.1) is 0 Å². The largest absolute Gasteiger partial charge is 0.351 e. The average Bonchev–Trinajstić information content (AvgIpc) is 2.64. The maximum Gasteiger partial charge on any atom is 0.257 e. The van der Waals surface area contributed by atoms with Gasteiger partial charge < -0.3 is 5.32 Å². The van der Waals surface area contributed by atoms with Crippen molar-refractivity contribution < 1.29 is 35.2 Å². The van der Waals surface area contributed by atoms with Crippen LogP contribution in [0.5, 0.6) is 0 Å². The Morgan fingerprint density at radius 3 is 1.71 bits per heavy atom. The fourth-order valence-corrected chi connectivity index (χ4v) is 3.81. The van der Waals surface area contributed by atoms with E-state index < -0.39 is 62.9 Å². The van der Waals surface area contributed by atoms with Crippen molar-refractivity contribution in [2.45, 2.75) is 39.5 Å². The quantitative estimate of drug-likeness (QED) is 0.333. The Morgan fingerprint density at radius 1 is 0.857 bits per heavy atom. The highest BCUT2D eigenvalue weighted by molar-refractivity contribution is 7.89. The highest BCUT2D eigenvalue weighted by Gasteiger charge is 2.30. The second-order valence-electron chi connectivity index (χ2n) is 6.12. The number of sulfonamides is 1. The third-order valence-corrected chi connectivity index (χ3v) is 5.87. The van der Waals surface area contributed by atoms with E-state index in [1.54, 1.807) is 0 Å². The molecule has 1 aromatic carbocycles. The molecular formula is C17H23F5N2O3S. The first-order chi connectivity index (χ1) is 13.1. The molecule has 28 heavy (non-hydrogen) atoms. The van der Waals surface area contributed by atoms with E-state index in [9.17, 15) is 35.2 Å². The molecule has 0 aliphatic carbocycles. The Hall–Kier alpha value is -1.75. The van der Waals surface area contributed by atoms with Gasteiger partial charge in [-0.05, 0) is 12.8 Å². The Labute approximate surface area is 161 Å². The first kappa shape index (κ1) is 24.3. The minimum Gasteiger partial charge on any atom is -0.351 e. The molecule has 1 N–H and O–H groups in total. The van der Waals surface area contributed by atoms with E-state index in [1.807, 2.05) is 19.2 Å². The van der Waals surface area contributed by atoms with Gasteiger partial charge in [0.2, 0.25) is 15.8 Å². The third-order valence-electron chi connectivity index (χ3n) is 4.00. The molecule has 160 valence electrons. The van der Waals surface area contributed by atoms with Crippen LogP contribution in [0.3, 0.4) is 0 Å². The second kappa shape index (κ2) is 10.7. The number of benzene rings is 1. The lowest BCUT2D eigenvalue weighted by atomic mass is 10.1. The lowest BCUT2D eigenvalue weighted by molar-refractivity contribution is 0.0944. The summed E-state index contributed by atoms with van der Waals surface area (Å²) >= 11 is 0. The van der Waals surface area contributed by atoms with E-state index >= 15 is 0 Å². The average molecular weight is 430 g/mol. The van der Waals surface area contributed by atoms with Crippen molar-refractivity contribution in [1.82, 2.24) is 9.62 Å². The molecule has 0 atom stereocenters. The van der Waals surface area contributed by atoms with Crippen LogP contribution >= 0.6 is 0 Å². The lowest BCUT2D eigenvalue weighted by Gasteiger charge is -2.22. The van der Waals surface area contributed by atoms with E-state index in [4.69, 9.17) is 0 Å². The molecule has 0 saturated heterocycles. The number of halogens is 5. The summed E-state index contributed by atoms with van der Waals surface area (Å²) in [5.74, 6) is -13.6. The van der Waals surface area contributed by atoms with Gasteiger partial charge in [0, 0.05) is 19.6 Å². The second-order valence-corrected chi connectivity index (χ2v) is 8.21. The van der Waals surface area contributed by atoms with Gasteiger partial charge in [0.25, 0.3) is 5.91 Å². The summed E-state index contributed by atoms with van der Waals surface area (Å²) in [5.41, 5.74) is -1.65. The van der Waals surface area contributed by atoms with Gasteiger partial charge in [0.15, 0.2) is 23.3 Å². The summed E-state index contributed by atoms with van der Waals surface area (Å²) in [4.78, 5) is 11.8. The van der Waals surface area contributed by atoms with Crippen LogP contribution in [-0.4, -0.2) is 44.0 Å². The number of hydrogen-bond donors (Lipinski definition) is 1. The summed E-state index contributed by atoms with van der Waals surface area (Å²) in [5, 5.41) is 1.90. The molecule has 1 amide bonds. The van der Waals surface area contributed by atoms with Crippen LogP contribution in [0.4, 0.5) is 22.0 Å². The highest BCUT2D eigenvalue weighted by Crippen LogP contribution is 2.22. The maximum atomic E-state index is 13.6. The van der Waals surface area contributed by atoms with Crippen LogP contribution in [0, 0.1) is 29.1 Å². The van der Waals surface area contributed by atoms with Crippen molar-refractivity contribution >= 4 is 15.9 Å². The number of nitrogens with zero attached hydrogens (tertiary/aromatic N) is 1. The Bertz CT molecular complexity index is 765. The van der Waals surface area contributed by atoms with Gasteiger partial charge in [0.05, 0.1) is 5.75 Å². The van der Waals surface area contributed by atoms with E-state index in [0.717, 1.165) is 12.8 Å². The molecule has 0 radical (unpaired) electrons. The zero-order valence-electron chi connectivity index (χ0n) is 15.6. The SMILES string of the molecule is CCCCN(CCCC)S(=O)(=O)CCNC(=O)c1c(F)c(F)c(F)c(F)c1F. The molecule has 1 rings (SSSR count). The van der Waals surface area contributed by atoms with E-state index in [1.165, 1.54) is 4.31 Å². The zero-order valence-corrected chi connectivity index (χ0v) is 16.4. The number of unbranched alkanes of at least 4 members (excludes halogenated alkanes) is 2. The van der Waals surface area contributed by atoms with Gasteiger partial charge in [0.1, 0.15) is 5.56 Å². The number of carbonyl (C=O) groups is 1. The number of amides is 1. The summed E-state index contributed by atoms with van der Waals surface area (Å²) in [6.45, 7) is 3.84. The van der Waals surface area contributed by atoms with Crippen LogP contribution < -0.4 is 5.32 Å². The molecule has 0 heterocycles. The first-order valence-corrected chi connectivity index (χ1v) is 10.5. The van der Waals surface area contributed by atoms with Crippen LogP contribution in [0.1, 0.15) is 49.9 Å². The van der Waals surface area contributed by atoms with Gasteiger partial charge in [-0.3, -0.25) is 4.79 Å². The Kier molecular flexibility index (Phi) is 9.28. The van der Waals surface area contributed by atoms with Crippen molar-refractivity contribution in [1.29, 1.82) is 0 Å². The van der Waals surface area contributed by atoms with Gasteiger partial charge in [-0.2, -0.15) is 0 Å². The number of hydrogen-bond acceptors (Lipinski definition) is 3. The molecule has 0 aliphatic heterocycles. The number of carbonyl (C=O) groups excluding carboxylic acids is 1.